The standard InChI is InChI=1S/C16H25N3OS/c1-3-18-16(20)11-8-9-13(12(17)10-11)19-14-6-4-5-7-15(14)21-2/h8-10,14-15,19H,3-7,17H2,1-2H3,(H,18,20). The topological polar surface area (TPSA) is 67.2 Å². The Morgan fingerprint density at radius 3 is 2.81 bits per heavy atom. The van der Waals surface area contributed by atoms with Crippen LogP contribution >= 0.6 is 11.8 Å². The van der Waals surface area contributed by atoms with E-state index in [1.807, 2.05) is 30.8 Å². The SMILES string of the molecule is CCNC(=O)c1ccc(NC2CCCCC2SC)c(N)c1. The van der Waals surface area contributed by atoms with Crippen LogP contribution in [-0.4, -0.2) is 30.0 Å². The fraction of sp³-hybridized carbons (Fsp3) is 0.562. The van der Waals surface area contributed by atoms with E-state index in [1.165, 1.54) is 25.7 Å². The van der Waals surface area contributed by atoms with Gasteiger partial charge < -0.3 is 16.4 Å². The Morgan fingerprint density at radius 1 is 1.38 bits per heavy atom. The molecule has 4 N–H and O–H groups in total. The Hall–Kier alpha value is -1.36. The van der Waals surface area contributed by atoms with Crippen molar-refractivity contribution in [1.82, 2.24) is 5.32 Å². The lowest BCUT2D eigenvalue weighted by atomic mass is 9.94. The van der Waals surface area contributed by atoms with E-state index in [1.54, 1.807) is 6.07 Å². The molecule has 5 heteroatoms. The average Bonchev–Trinajstić information content (AvgIpc) is 2.50. The molecule has 1 aromatic rings. The molecule has 0 heterocycles. The molecule has 1 fully saturated rings. The van der Waals surface area contributed by atoms with Crippen LogP contribution in [0.5, 0.6) is 0 Å². The number of rotatable bonds is 5. The normalized spacial score (nSPS) is 21.8. The van der Waals surface area contributed by atoms with Crippen LogP contribution in [-0.2, 0) is 0 Å². The van der Waals surface area contributed by atoms with Crippen LogP contribution in [0.25, 0.3) is 0 Å². The average molecular weight is 307 g/mol. The number of nitrogen functional groups attached to an aromatic ring is 1. The minimum Gasteiger partial charge on any atom is -0.397 e. The second-order valence-electron chi connectivity index (χ2n) is 5.47. The largest absolute Gasteiger partial charge is 0.397 e. The zero-order chi connectivity index (χ0) is 15.2. The van der Waals surface area contributed by atoms with Gasteiger partial charge >= 0.3 is 0 Å². The Morgan fingerprint density at radius 2 is 2.14 bits per heavy atom. The Balaban J connectivity index is 2.08. The summed E-state index contributed by atoms with van der Waals surface area (Å²) in [5.74, 6) is -0.0737. The molecule has 4 nitrogen and oxygen atoms in total. The van der Waals surface area contributed by atoms with Crippen LogP contribution < -0.4 is 16.4 Å². The van der Waals surface area contributed by atoms with Crippen molar-refractivity contribution < 1.29 is 4.79 Å². The Kier molecular flexibility index (Phi) is 5.79. The van der Waals surface area contributed by atoms with Gasteiger partial charge in [0.05, 0.1) is 11.4 Å². The summed E-state index contributed by atoms with van der Waals surface area (Å²) in [5, 5.41) is 7.00. The number of benzene rings is 1. The second kappa shape index (κ2) is 7.59. The van der Waals surface area contributed by atoms with Crippen molar-refractivity contribution in [3.8, 4) is 0 Å². The summed E-state index contributed by atoms with van der Waals surface area (Å²) in [6.45, 7) is 2.53. The van der Waals surface area contributed by atoms with Gasteiger partial charge in [0.25, 0.3) is 5.91 Å². The predicted octanol–water partition coefficient (Wildman–Crippen LogP) is 3.10. The molecule has 0 aliphatic heterocycles. The number of hydrogen-bond donors (Lipinski definition) is 3. The predicted molar refractivity (Wildman–Crippen MR) is 92.0 cm³/mol. The summed E-state index contributed by atoms with van der Waals surface area (Å²) in [6.07, 6.45) is 7.20. The highest BCUT2D eigenvalue weighted by Crippen LogP contribution is 2.31. The number of thioether (sulfide) groups is 1. The highest BCUT2D eigenvalue weighted by Gasteiger charge is 2.24. The molecule has 1 amide bonds. The van der Waals surface area contributed by atoms with E-state index in [0.29, 0.717) is 29.1 Å². The number of nitrogens with two attached hydrogens (primary N) is 1. The van der Waals surface area contributed by atoms with Gasteiger partial charge in [-0.3, -0.25) is 4.79 Å². The molecule has 0 spiro atoms. The van der Waals surface area contributed by atoms with Crippen molar-refractivity contribution in [1.29, 1.82) is 0 Å². The number of anilines is 2. The maximum atomic E-state index is 11.8. The minimum atomic E-state index is -0.0737. The van der Waals surface area contributed by atoms with Crippen molar-refractivity contribution in [2.45, 2.75) is 43.9 Å². The van der Waals surface area contributed by atoms with Gasteiger partial charge in [0, 0.05) is 23.4 Å². The molecule has 2 atom stereocenters. The van der Waals surface area contributed by atoms with Gasteiger partial charge in [-0.15, -0.1) is 0 Å². The Labute approximate surface area is 131 Å². The van der Waals surface area contributed by atoms with Crippen molar-refractivity contribution in [2.75, 3.05) is 23.9 Å². The van der Waals surface area contributed by atoms with Gasteiger partial charge in [0.15, 0.2) is 0 Å². The summed E-state index contributed by atoms with van der Waals surface area (Å²) in [6, 6.07) is 5.97. The van der Waals surface area contributed by atoms with Crippen LogP contribution in [0.15, 0.2) is 18.2 Å². The van der Waals surface area contributed by atoms with Crippen LogP contribution in [0.3, 0.4) is 0 Å². The quantitative estimate of drug-likeness (QED) is 0.731. The minimum absolute atomic E-state index is 0.0737. The molecule has 21 heavy (non-hydrogen) atoms. The summed E-state index contributed by atoms with van der Waals surface area (Å²) in [7, 11) is 0. The van der Waals surface area contributed by atoms with Crippen molar-refractivity contribution in [3.05, 3.63) is 23.8 Å². The third kappa shape index (κ3) is 4.06. The van der Waals surface area contributed by atoms with Crippen molar-refractivity contribution >= 4 is 29.0 Å². The zero-order valence-electron chi connectivity index (χ0n) is 12.8. The van der Waals surface area contributed by atoms with Gasteiger partial charge in [-0.25, -0.2) is 0 Å². The molecular formula is C16H25N3OS. The molecule has 0 bridgehead atoms. The molecule has 1 aromatic carbocycles. The molecule has 2 rings (SSSR count). The second-order valence-corrected chi connectivity index (χ2v) is 6.55. The van der Waals surface area contributed by atoms with Gasteiger partial charge in [-0.1, -0.05) is 12.8 Å². The van der Waals surface area contributed by atoms with E-state index in [4.69, 9.17) is 5.73 Å². The molecule has 0 aromatic heterocycles. The van der Waals surface area contributed by atoms with Crippen LogP contribution in [0.2, 0.25) is 0 Å². The van der Waals surface area contributed by atoms with Crippen LogP contribution in [0.1, 0.15) is 43.0 Å². The van der Waals surface area contributed by atoms with Crippen molar-refractivity contribution in [2.24, 2.45) is 0 Å². The molecule has 1 aliphatic rings. The van der Waals surface area contributed by atoms with E-state index in [0.717, 1.165) is 5.69 Å². The maximum Gasteiger partial charge on any atom is 0.251 e. The van der Waals surface area contributed by atoms with E-state index in [2.05, 4.69) is 16.9 Å². The molecule has 1 saturated carbocycles. The Bertz CT molecular complexity index is 492. The van der Waals surface area contributed by atoms with Gasteiger partial charge in [0.2, 0.25) is 0 Å². The number of amides is 1. The van der Waals surface area contributed by atoms with Gasteiger partial charge in [-0.05, 0) is 44.2 Å². The zero-order valence-corrected chi connectivity index (χ0v) is 13.6. The molecule has 1 aliphatic carbocycles. The first-order chi connectivity index (χ1) is 10.2. The number of nitrogens with one attached hydrogen (secondary N) is 2. The highest BCUT2D eigenvalue weighted by molar-refractivity contribution is 7.99. The van der Waals surface area contributed by atoms with E-state index < -0.39 is 0 Å². The maximum absolute atomic E-state index is 11.8. The summed E-state index contributed by atoms with van der Waals surface area (Å²) >= 11 is 1.93. The number of hydrogen-bond acceptors (Lipinski definition) is 4. The third-order valence-electron chi connectivity index (χ3n) is 4.00. The first kappa shape index (κ1) is 16.0. The van der Waals surface area contributed by atoms with E-state index in [-0.39, 0.29) is 5.91 Å². The first-order valence-corrected chi connectivity index (χ1v) is 8.91. The van der Waals surface area contributed by atoms with Gasteiger partial charge in [-0.2, -0.15) is 11.8 Å². The van der Waals surface area contributed by atoms with Crippen LogP contribution in [0.4, 0.5) is 11.4 Å². The lowest BCUT2D eigenvalue weighted by molar-refractivity contribution is 0.0956. The van der Waals surface area contributed by atoms with Crippen LogP contribution in [0, 0.1) is 0 Å². The third-order valence-corrected chi connectivity index (χ3v) is 5.17. The van der Waals surface area contributed by atoms with E-state index in [9.17, 15) is 4.79 Å². The highest BCUT2D eigenvalue weighted by atomic mass is 32.2. The molecule has 0 saturated heterocycles. The summed E-state index contributed by atoms with van der Waals surface area (Å²) in [4.78, 5) is 11.8. The lowest BCUT2D eigenvalue weighted by Gasteiger charge is -2.32. The van der Waals surface area contributed by atoms with Gasteiger partial charge in [0.1, 0.15) is 0 Å². The lowest BCUT2D eigenvalue weighted by Crippen LogP contribution is -2.34. The van der Waals surface area contributed by atoms with Crippen molar-refractivity contribution in [3.63, 3.8) is 0 Å². The monoisotopic (exact) mass is 307 g/mol. The molecule has 0 radical (unpaired) electrons. The summed E-state index contributed by atoms with van der Waals surface area (Å²) in [5.41, 5.74) is 8.31. The number of carbonyl (C=O) groups excluding carboxylic acids is 1. The molecule has 2 unspecified atom stereocenters. The van der Waals surface area contributed by atoms with E-state index >= 15 is 0 Å². The molecule has 116 valence electrons. The first-order valence-electron chi connectivity index (χ1n) is 7.62. The fourth-order valence-electron chi connectivity index (χ4n) is 2.84. The molecular weight excluding hydrogens is 282 g/mol. The number of carbonyl (C=O) groups is 1. The summed E-state index contributed by atoms with van der Waals surface area (Å²) < 4.78 is 0. The fourth-order valence-corrected chi connectivity index (χ4v) is 3.78. The smallest absolute Gasteiger partial charge is 0.251 e.